The third-order valence-corrected chi connectivity index (χ3v) is 2.19. The van der Waals surface area contributed by atoms with E-state index in [-0.39, 0.29) is 5.54 Å². The fraction of sp³-hybridized carbons (Fsp3) is 0.875. The largest absolute Gasteiger partial charge is 0.315 e. The number of nitrogens with one attached hydrogen (secondary N) is 2. The fourth-order valence-corrected chi connectivity index (χ4v) is 1.62. The summed E-state index contributed by atoms with van der Waals surface area (Å²) in [7, 11) is 0. The summed E-state index contributed by atoms with van der Waals surface area (Å²) in [6.45, 7) is 5.44. The third-order valence-electron chi connectivity index (χ3n) is 2.19. The molecule has 1 atom stereocenters. The summed E-state index contributed by atoms with van der Waals surface area (Å²) < 4.78 is 0. The van der Waals surface area contributed by atoms with Gasteiger partial charge < -0.3 is 10.7 Å². The van der Waals surface area contributed by atoms with E-state index in [0.717, 1.165) is 19.4 Å². The van der Waals surface area contributed by atoms with Crippen molar-refractivity contribution in [2.75, 3.05) is 6.54 Å². The Kier molecular flexibility index (Phi) is 3.05. The minimum atomic E-state index is 0.217. The van der Waals surface area contributed by atoms with Gasteiger partial charge in [-0.25, -0.2) is 5.84 Å². The van der Waals surface area contributed by atoms with Gasteiger partial charge in [0.2, 0.25) is 0 Å². The van der Waals surface area contributed by atoms with Crippen molar-refractivity contribution in [3.8, 4) is 0 Å². The molecule has 0 radical (unpaired) electrons. The third kappa shape index (κ3) is 2.79. The molecule has 1 unspecified atom stereocenters. The van der Waals surface area contributed by atoms with Crippen LogP contribution in [-0.4, -0.2) is 24.5 Å². The molecule has 0 bridgehead atoms. The van der Waals surface area contributed by atoms with Crippen LogP contribution in [0.5, 0.6) is 0 Å². The maximum Gasteiger partial charge on any atom is 0.0967 e. The average Bonchev–Trinajstić information content (AvgIpc) is 1.99. The zero-order valence-electron chi connectivity index (χ0n) is 7.80. The maximum atomic E-state index is 5.10. The van der Waals surface area contributed by atoms with Crippen molar-refractivity contribution in [1.82, 2.24) is 10.7 Å². The van der Waals surface area contributed by atoms with Crippen LogP contribution in [-0.2, 0) is 0 Å². The van der Waals surface area contributed by atoms with E-state index in [9.17, 15) is 0 Å². The van der Waals surface area contributed by atoms with Gasteiger partial charge in [0.25, 0.3) is 0 Å². The lowest BCUT2D eigenvalue weighted by Crippen LogP contribution is -2.47. The van der Waals surface area contributed by atoms with Crippen LogP contribution >= 0.6 is 0 Å². The van der Waals surface area contributed by atoms with Gasteiger partial charge in [-0.1, -0.05) is 0 Å². The molecule has 0 saturated carbocycles. The first-order valence-electron chi connectivity index (χ1n) is 4.37. The molecule has 1 heterocycles. The highest BCUT2D eigenvalue weighted by Crippen LogP contribution is 2.20. The normalized spacial score (nSPS) is 29.1. The second kappa shape index (κ2) is 3.87. The fourth-order valence-electron chi connectivity index (χ4n) is 1.62. The van der Waals surface area contributed by atoms with E-state index >= 15 is 0 Å². The molecule has 1 rings (SSSR count). The number of rotatable bonds is 2. The minimum Gasteiger partial charge on any atom is -0.315 e. The monoisotopic (exact) mass is 170 g/mol. The van der Waals surface area contributed by atoms with Crippen molar-refractivity contribution in [2.24, 2.45) is 10.8 Å². The number of piperidine rings is 1. The second-order valence-corrected chi connectivity index (χ2v) is 3.90. The van der Waals surface area contributed by atoms with Gasteiger partial charge in [-0.15, -0.1) is 0 Å². The molecule has 4 N–H and O–H groups in total. The zero-order chi connectivity index (χ0) is 9.03. The summed E-state index contributed by atoms with van der Waals surface area (Å²) in [5.41, 5.74) is 2.65. The first-order valence-corrected chi connectivity index (χ1v) is 4.37. The van der Waals surface area contributed by atoms with Gasteiger partial charge in [-0.2, -0.15) is 0 Å². The van der Waals surface area contributed by atoms with Crippen LogP contribution in [0.15, 0.2) is 4.99 Å². The van der Waals surface area contributed by atoms with Gasteiger partial charge >= 0.3 is 0 Å². The average molecular weight is 170 g/mol. The molecule has 0 aliphatic carbocycles. The Morgan fingerprint density at radius 1 is 1.67 bits per heavy atom. The molecule has 4 nitrogen and oxygen atoms in total. The van der Waals surface area contributed by atoms with Gasteiger partial charge in [0.05, 0.1) is 12.4 Å². The van der Waals surface area contributed by atoms with E-state index in [1.54, 1.807) is 6.34 Å². The SMILES string of the molecule is CC1(C)CC(N=CNN)CCN1. The van der Waals surface area contributed by atoms with Crippen molar-refractivity contribution in [3.05, 3.63) is 0 Å². The van der Waals surface area contributed by atoms with Gasteiger partial charge in [0.15, 0.2) is 0 Å². The van der Waals surface area contributed by atoms with Crippen molar-refractivity contribution >= 4 is 6.34 Å². The minimum absolute atomic E-state index is 0.217. The topological polar surface area (TPSA) is 62.4 Å². The Balaban J connectivity index is 2.41. The van der Waals surface area contributed by atoms with Gasteiger partial charge in [0.1, 0.15) is 0 Å². The van der Waals surface area contributed by atoms with Crippen molar-refractivity contribution in [1.29, 1.82) is 0 Å². The number of hydrazine groups is 1. The molecule has 0 spiro atoms. The lowest BCUT2D eigenvalue weighted by Gasteiger charge is -2.34. The standard InChI is InChI=1S/C8H18N4/c1-8(2)5-7(3-4-11-8)10-6-12-9/h6-7,11H,3-5,9H2,1-2H3,(H,10,12). The second-order valence-electron chi connectivity index (χ2n) is 3.90. The van der Waals surface area contributed by atoms with E-state index in [2.05, 4.69) is 29.6 Å². The highest BCUT2D eigenvalue weighted by Gasteiger charge is 2.26. The van der Waals surface area contributed by atoms with Crippen LogP contribution in [0.3, 0.4) is 0 Å². The van der Waals surface area contributed by atoms with Crippen molar-refractivity contribution < 1.29 is 0 Å². The highest BCUT2D eigenvalue weighted by molar-refractivity contribution is 5.53. The van der Waals surface area contributed by atoms with Crippen LogP contribution in [0.25, 0.3) is 0 Å². The lowest BCUT2D eigenvalue weighted by molar-refractivity contribution is 0.277. The number of nitrogens with zero attached hydrogens (tertiary/aromatic N) is 1. The van der Waals surface area contributed by atoms with Gasteiger partial charge in [0, 0.05) is 5.54 Å². The van der Waals surface area contributed by atoms with Crippen LogP contribution in [0.1, 0.15) is 26.7 Å². The van der Waals surface area contributed by atoms with Crippen molar-refractivity contribution in [3.63, 3.8) is 0 Å². The highest BCUT2D eigenvalue weighted by atomic mass is 15.2. The predicted molar refractivity (Wildman–Crippen MR) is 50.9 cm³/mol. The van der Waals surface area contributed by atoms with Crippen molar-refractivity contribution in [2.45, 2.75) is 38.3 Å². The number of hydrogen-bond donors (Lipinski definition) is 3. The molecular formula is C8H18N4. The van der Waals surface area contributed by atoms with E-state index in [0.29, 0.717) is 6.04 Å². The summed E-state index contributed by atoms with van der Waals surface area (Å²) >= 11 is 0. The van der Waals surface area contributed by atoms with Crippen LogP contribution < -0.4 is 16.6 Å². The first kappa shape index (κ1) is 9.48. The van der Waals surface area contributed by atoms with E-state index in [4.69, 9.17) is 5.84 Å². The number of hydrogen-bond acceptors (Lipinski definition) is 3. The predicted octanol–water partition coefficient (Wildman–Crippen LogP) is 0.00860. The Morgan fingerprint density at radius 2 is 2.42 bits per heavy atom. The molecule has 0 aromatic carbocycles. The Morgan fingerprint density at radius 3 is 3.00 bits per heavy atom. The molecule has 1 fully saturated rings. The summed E-state index contributed by atoms with van der Waals surface area (Å²) in [6, 6.07) is 0.414. The molecule has 0 aromatic rings. The molecule has 0 amide bonds. The summed E-state index contributed by atoms with van der Waals surface area (Å²) in [5, 5.41) is 3.44. The molecule has 70 valence electrons. The smallest absolute Gasteiger partial charge is 0.0967 e. The summed E-state index contributed by atoms with van der Waals surface area (Å²) in [6.07, 6.45) is 3.75. The molecule has 1 aliphatic heterocycles. The first-order chi connectivity index (χ1) is 5.64. The molecular weight excluding hydrogens is 152 g/mol. The molecule has 12 heavy (non-hydrogen) atoms. The summed E-state index contributed by atoms with van der Waals surface area (Å²) in [5.74, 6) is 5.10. The van der Waals surface area contributed by atoms with Crippen LogP contribution in [0, 0.1) is 0 Å². The van der Waals surface area contributed by atoms with Gasteiger partial charge in [-0.05, 0) is 33.2 Å². The number of aliphatic imine (C=N–C) groups is 1. The van der Waals surface area contributed by atoms with E-state index < -0.39 is 0 Å². The number of nitrogens with two attached hydrogens (primary N) is 1. The van der Waals surface area contributed by atoms with E-state index in [1.165, 1.54) is 0 Å². The van der Waals surface area contributed by atoms with E-state index in [1.807, 2.05) is 0 Å². The Labute approximate surface area is 73.6 Å². The zero-order valence-corrected chi connectivity index (χ0v) is 7.80. The summed E-state index contributed by atoms with van der Waals surface area (Å²) in [4.78, 5) is 4.30. The maximum absolute atomic E-state index is 5.10. The molecule has 1 aliphatic rings. The van der Waals surface area contributed by atoms with Crippen LogP contribution in [0.2, 0.25) is 0 Å². The lowest BCUT2D eigenvalue weighted by atomic mass is 9.90. The molecule has 1 saturated heterocycles. The van der Waals surface area contributed by atoms with Gasteiger partial charge in [-0.3, -0.25) is 4.99 Å². The quantitative estimate of drug-likeness (QED) is 0.237. The Bertz CT molecular complexity index is 164. The Hall–Kier alpha value is -0.610. The molecule has 0 aromatic heterocycles. The molecule has 4 heteroatoms. The van der Waals surface area contributed by atoms with Crippen LogP contribution in [0.4, 0.5) is 0 Å².